The molecule has 148 valence electrons. The van der Waals surface area contributed by atoms with Gasteiger partial charge in [-0.2, -0.15) is 5.10 Å². The molecule has 0 radical (unpaired) electrons. The normalized spacial score (nSPS) is 17.4. The maximum Gasteiger partial charge on any atom is 0.356 e. The summed E-state index contributed by atoms with van der Waals surface area (Å²) in [5, 5.41) is 14.6. The van der Waals surface area contributed by atoms with Crippen molar-refractivity contribution in [1.29, 1.82) is 0 Å². The average molecular weight is 451 g/mol. The molecule has 1 aromatic heterocycles. The second-order valence-electron chi connectivity index (χ2n) is 6.44. The van der Waals surface area contributed by atoms with Crippen molar-refractivity contribution in [3.63, 3.8) is 0 Å². The molecule has 0 saturated carbocycles. The summed E-state index contributed by atoms with van der Waals surface area (Å²) in [6.45, 7) is 0. The molecule has 1 unspecified atom stereocenters. The maximum atomic E-state index is 13.2. The smallest absolute Gasteiger partial charge is 0.356 e. The Morgan fingerprint density at radius 1 is 1.21 bits per heavy atom. The molecule has 0 fully saturated rings. The molecule has 1 N–H and O–H groups in total. The second kappa shape index (κ2) is 7.84. The van der Waals surface area contributed by atoms with E-state index < -0.39 is 17.1 Å². The van der Waals surface area contributed by atoms with Crippen molar-refractivity contribution in [3.05, 3.63) is 80.8 Å². The summed E-state index contributed by atoms with van der Waals surface area (Å²) in [6.07, 6.45) is 1.75. The van der Waals surface area contributed by atoms with Crippen LogP contribution in [0.3, 0.4) is 0 Å². The zero-order chi connectivity index (χ0) is 20.7. The predicted octanol–water partition coefficient (Wildman–Crippen LogP) is 4.82. The van der Waals surface area contributed by atoms with E-state index in [0.717, 1.165) is 0 Å². The van der Waals surface area contributed by atoms with Gasteiger partial charge in [-0.25, -0.2) is 13.9 Å². The molecule has 29 heavy (non-hydrogen) atoms. The van der Waals surface area contributed by atoms with Gasteiger partial charge in [-0.15, -0.1) is 0 Å². The number of aromatic nitrogens is 2. The summed E-state index contributed by atoms with van der Waals surface area (Å²) >= 11 is 11.0. The molecule has 2 aromatic carbocycles. The van der Waals surface area contributed by atoms with Crippen LogP contribution in [0.5, 0.6) is 0 Å². The average Bonchev–Trinajstić information content (AvgIpc) is 3.03. The molecule has 2 heterocycles. The van der Waals surface area contributed by atoms with Crippen molar-refractivity contribution in [2.45, 2.75) is 5.75 Å². The first-order chi connectivity index (χ1) is 13.8. The van der Waals surface area contributed by atoms with Crippen LogP contribution in [-0.4, -0.2) is 31.2 Å². The fraction of sp³-hybridized carbons (Fsp3) is 0.100. The standard InChI is InChI=1S/C20H13Cl2FN2O3S/c21-13-3-6-17(16(22)8-13)25-19-12(7-11-1-4-14(23)5-2-11)9-29(28)10-15(19)18(24-25)20(26)27/h1-8H,9-10H2,(H,26,27)/b12-7+. The Balaban J connectivity index is 1.96. The van der Waals surface area contributed by atoms with Gasteiger partial charge in [-0.3, -0.25) is 0 Å². The molecule has 0 saturated heterocycles. The molecule has 0 spiro atoms. The molecule has 1 atom stereocenters. The zero-order valence-electron chi connectivity index (χ0n) is 14.7. The van der Waals surface area contributed by atoms with Crippen LogP contribution >= 0.6 is 23.2 Å². The van der Waals surface area contributed by atoms with Gasteiger partial charge in [0.25, 0.3) is 0 Å². The lowest BCUT2D eigenvalue weighted by Crippen LogP contribution is -2.20. The first-order valence-electron chi connectivity index (χ1n) is 8.45. The lowest BCUT2D eigenvalue weighted by molar-refractivity contribution is 0.0689. The minimum Gasteiger partial charge on any atom is -0.616 e. The van der Waals surface area contributed by atoms with E-state index in [2.05, 4.69) is 5.10 Å². The third kappa shape index (κ3) is 3.91. The summed E-state index contributed by atoms with van der Waals surface area (Å²) in [5.74, 6) is -1.31. The van der Waals surface area contributed by atoms with Crippen LogP contribution in [0.2, 0.25) is 10.0 Å². The molecule has 0 aliphatic carbocycles. The van der Waals surface area contributed by atoms with Gasteiger partial charge in [0.1, 0.15) is 17.3 Å². The molecule has 5 nitrogen and oxygen atoms in total. The molecule has 4 rings (SSSR count). The van der Waals surface area contributed by atoms with Gasteiger partial charge in [-0.05, 0) is 53.1 Å². The lowest BCUT2D eigenvalue weighted by Gasteiger charge is -2.21. The number of carbonyl (C=O) groups is 1. The Hall–Kier alpha value is -2.32. The highest BCUT2D eigenvalue weighted by Gasteiger charge is 2.34. The summed E-state index contributed by atoms with van der Waals surface area (Å²) in [5.41, 5.74) is 2.50. The monoisotopic (exact) mass is 450 g/mol. The maximum absolute atomic E-state index is 13.2. The van der Waals surface area contributed by atoms with E-state index in [1.165, 1.54) is 22.9 Å². The van der Waals surface area contributed by atoms with Crippen LogP contribution in [0.4, 0.5) is 4.39 Å². The number of hydrogen-bond acceptors (Lipinski definition) is 3. The van der Waals surface area contributed by atoms with E-state index in [9.17, 15) is 18.8 Å². The summed E-state index contributed by atoms with van der Waals surface area (Å²) in [4.78, 5) is 11.8. The Bertz CT molecular complexity index is 1150. The van der Waals surface area contributed by atoms with Crippen molar-refractivity contribution in [2.24, 2.45) is 0 Å². The largest absolute Gasteiger partial charge is 0.616 e. The Kier molecular flexibility index (Phi) is 5.40. The first kappa shape index (κ1) is 20.0. The predicted molar refractivity (Wildman–Crippen MR) is 112 cm³/mol. The van der Waals surface area contributed by atoms with Gasteiger partial charge < -0.3 is 9.66 Å². The van der Waals surface area contributed by atoms with Crippen LogP contribution < -0.4 is 0 Å². The summed E-state index contributed by atoms with van der Waals surface area (Å²) < 4.78 is 27.1. The Morgan fingerprint density at radius 3 is 2.59 bits per heavy atom. The molecular formula is C20H13Cl2FN2O3S. The zero-order valence-corrected chi connectivity index (χ0v) is 17.1. The number of halogens is 3. The fourth-order valence-electron chi connectivity index (χ4n) is 3.24. The number of benzene rings is 2. The van der Waals surface area contributed by atoms with Crippen molar-refractivity contribution in [3.8, 4) is 5.69 Å². The SMILES string of the molecule is O=C(O)c1nn(-c2ccc(Cl)cc2Cl)c2c1C[S+]([O-])C/C2=C\c1ccc(F)cc1. The van der Waals surface area contributed by atoms with E-state index in [0.29, 0.717) is 38.1 Å². The van der Waals surface area contributed by atoms with Gasteiger partial charge in [0.2, 0.25) is 0 Å². The Labute approximate surface area is 178 Å². The van der Waals surface area contributed by atoms with Crippen LogP contribution in [0, 0.1) is 5.82 Å². The van der Waals surface area contributed by atoms with Crippen molar-refractivity contribution in [2.75, 3.05) is 5.75 Å². The number of nitrogens with zero attached hydrogens (tertiary/aromatic N) is 2. The lowest BCUT2D eigenvalue weighted by atomic mass is 10.0. The van der Waals surface area contributed by atoms with Crippen molar-refractivity contribution in [1.82, 2.24) is 9.78 Å². The van der Waals surface area contributed by atoms with E-state index >= 15 is 0 Å². The molecule has 3 aromatic rings. The minimum absolute atomic E-state index is 0.0724. The van der Waals surface area contributed by atoms with Crippen LogP contribution in [0.1, 0.15) is 27.3 Å². The molecule has 0 bridgehead atoms. The molecule has 1 aliphatic rings. The third-order valence-electron chi connectivity index (χ3n) is 4.46. The first-order valence-corrected chi connectivity index (χ1v) is 10.7. The number of hydrogen-bond donors (Lipinski definition) is 1. The summed E-state index contributed by atoms with van der Waals surface area (Å²) in [7, 11) is 0. The highest BCUT2D eigenvalue weighted by atomic mass is 35.5. The quantitative estimate of drug-likeness (QED) is 0.580. The van der Waals surface area contributed by atoms with Crippen LogP contribution in [0.25, 0.3) is 17.3 Å². The highest BCUT2D eigenvalue weighted by Crippen LogP contribution is 2.36. The van der Waals surface area contributed by atoms with Gasteiger partial charge >= 0.3 is 5.97 Å². The molecular weight excluding hydrogens is 438 g/mol. The number of aromatic carboxylic acids is 1. The number of carboxylic acids is 1. The van der Waals surface area contributed by atoms with Crippen LogP contribution in [0.15, 0.2) is 42.5 Å². The highest BCUT2D eigenvalue weighted by molar-refractivity contribution is 7.91. The van der Waals surface area contributed by atoms with E-state index in [4.69, 9.17) is 23.2 Å². The van der Waals surface area contributed by atoms with E-state index in [1.807, 2.05) is 0 Å². The van der Waals surface area contributed by atoms with Crippen molar-refractivity contribution < 1.29 is 18.8 Å². The topological polar surface area (TPSA) is 78.2 Å². The van der Waals surface area contributed by atoms with Gasteiger partial charge in [-0.1, -0.05) is 35.3 Å². The van der Waals surface area contributed by atoms with E-state index in [-0.39, 0.29) is 23.0 Å². The Morgan fingerprint density at radius 2 is 1.93 bits per heavy atom. The molecule has 1 aliphatic heterocycles. The molecule has 0 amide bonds. The third-order valence-corrected chi connectivity index (χ3v) is 6.24. The van der Waals surface area contributed by atoms with Gasteiger partial charge in [0, 0.05) is 10.6 Å². The van der Waals surface area contributed by atoms with Gasteiger partial charge in [0.15, 0.2) is 5.69 Å². The fourth-order valence-corrected chi connectivity index (χ4v) is 4.99. The van der Waals surface area contributed by atoms with E-state index in [1.54, 1.807) is 30.3 Å². The summed E-state index contributed by atoms with van der Waals surface area (Å²) in [6, 6.07) is 10.6. The second-order valence-corrected chi connectivity index (χ2v) is 8.74. The van der Waals surface area contributed by atoms with Crippen molar-refractivity contribution >= 4 is 52.0 Å². The number of carboxylic acid groups (broad SMARTS) is 1. The minimum atomic E-state index is -1.30. The number of rotatable bonds is 3. The number of fused-ring (bicyclic) bond motifs is 1. The van der Waals surface area contributed by atoms with Crippen LogP contribution in [-0.2, 0) is 16.9 Å². The molecule has 9 heteroatoms. The van der Waals surface area contributed by atoms with Gasteiger partial charge in [0.05, 0.1) is 22.0 Å².